The molecule has 2 atom stereocenters. The molecule has 0 saturated carbocycles. The number of rotatable bonds is 10. The molecular formula is C24H36N2OS. The van der Waals surface area contributed by atoms with Crippen LogP contribution in [-0.2, 0) is 13.0 Å². The average molecular weight is 401 g/mol. The van der Waals surface area contributed by atoms with Gasteiger partial charge in [-0.3, -0.25) is 4.90 Å². The highest BCUT2D eigenvalue weighted by Gasteiger charge is 2.21. The van der Waals surface area contributed by atoms with E-state index in [4.69, 9.17) is 0 Å². The molecule has 1 aliphatic heterocycles. The largest absolute Gasteiger partial charge is 0.386 e. The third kappa shape index (κ3) is 6.70. The highest BCUT2D eigenvalue weighted by Crippen LogP contribution is 2.28. The summed E-state index contributed by atoms with van der Waals surface area (Å²) in [7, 11) is 0. The lowest BCUT2D eigenvalue weighted by Gasteiger charge is -2.22. The van der Waals surface area contributed by atoms with Gasteiger partial charge >= 0.3 is 0 Å². The molecule has 1 aliphatic rings. The van der Waals surface area contributed by atoms with Crippen molar-refractivity contribution in [1.29, 1.82) is 0 Å². The number of hydrogen-bond acceptors (Lipinski definition) is 4. The summed E-state index contributed by atoms with van der Waals surface area (Å²) < 4.78 is 0. The molecule has 154 valence electrons. The lowest BCUT2D eigenvalue weighted by atomic mass is 10.1. The van der Waals surface area contributed by atoms with E-state index in [2.05, 4.69) is 59.6 Å². The maximum Gasteiger partial charge on any atom is 0.103 e. The molecule has 2 unspecified atom stereocenters. The fraction of sp³-hybridized carbons (Fsp3) is 0.583. The SMILES string of the molecule is CCC(NCCCc1ccccc1)C(O)c1ccc(CN2CCCCCC2)s1. The summed E-state index contributed by atoms with van der Waals surface area (Å²) in [5.74, 6) is 0. The Kier molecular flexibility index (Phi) is 9.00. The lowest BCUT2D eigenvalue weighted by Crippen LogP contribution is -2.35. The van der Waals surface area contributed by atoms with Crippen LogP contribution in [0.4, 0.5) is 0 Å². The first-order valence-electron chi connectivity index (χ1n) is 11.0. The molecule has 0 radical (unpaired) electrons. The second-order valence-corrected chi connectivity index (χ2v) is 9.20. The monoisotopic (exact) mass is 400 g/mol. The first-order chi connectivity index (χ1) is 13.8. The van der Waals surface area contributed by atoms with Crippen molar-refractivity contribution in [3.05, 3.63) is 57.8 Å². The van der Waals surface area contributed by atoms with E-state index in [1.165, 1.54) is 49.2 Å². The van der Waals surface area contributed by atoms with Crippen molar-refractivity contribution in [2.45, 2.75) is 70.6 Å². The number of benzene rings is 1. The Bertz CT molecular complexity index is 664. The zero-order chi connectivity index (χ0) is 19.6. The Labute approximate surface area is 174 Å². The Morgan fingerprint density at radius 2 is 1.79 bits per heavy atom. The van der Waals surface area contributed by atoms with Crippen LogP contribution in [0, 0.1) is 0 Å². The smallest absolute Gasteiger partial charge is 0.103 e. The van der Waals surface area contributed by atoms with Crippen LogP contribution >= 0.6 is 11.3 Å². The molecule has 4 heteroatoms. The number of likely N-dealkylation sites (tertiary alicyclic amines) is 1. The second-order valence-electron chi connectivity index (χ2n) is 8.00. The van der Waals surface area contributed by atoms with Gasteiger partial charge in [-0.2, -0.15) is 0 Å². The molecule has 0 spiro atoms. The van der Waals surface area contributed by atoms with E-state index < -0.39 is 6.10 Å². The Morgan fingerprint density at radius 3 is 2.50 bits per heavy atom. The molecule has 3 rings (SSSR count). The minimum atomic E-state index is -0.412. The number of aliphatic hydroxyl groups is 1. The van der Waals surface area contributed by atoms with Gasteiger partial charge in [-0.15, -0.1) is 11.3 Å². The summed E-state index contributed by atoms with van der Waals surface area (Å²) >= 11 is 1.79. The van der Waals surface area contributed by atoms with Gasteiger partial charge in [0.25, 0.3) is 0 Å². The maximum absolute atomic E-state index is 10.9. The number of hydrogen-bond donors (Lipinski definition) is 2. The molecule has 2 heterocycles. The number of nitrogens with one attached hydrogen (secondary N) is 1. The topological polar surface area (TPSA) is 35.5 Å². The summed E-state index contributed by atoms with van der Waals surface area (Å²) in [6, 6.07) is 15.1. The van der Waals surface area contributed by atoms with E-state index in [-0.39, 0.29) is 6.04 Å². The maximum atomic E-state index is 10.9. The van der Waals surface area contributed by atoms with Crippen molar-refractivity contribution in [3.8, 4) is 0 Å². The minimum absolute atomic E-state index is 0.125. The van der Waals surface area contributed by atoms with E-state index in [0.717, 1.165) is 37.2 Å². The van der Waals surface area contributed by atoms with Gasteiger partial charge < -0.3 is 10.4 Å². The predicted octanol–water partition coefficient (Wildman–Crippen LogP) is 5.16. The molecule has 28 heavy (non-hydrogen) atoms. The van der Waals surface area contributed by atoms with E-state index >= 15 is 0 Å². The summed E-state index contributed by atoms with van der Waals surface area (Å²) in [5.41, 5.74) is 1.38. The summed E-state index contributed by atoms with van der Waals surface area (Å²) in [6.45, 7) is 6.58. The van der Waals surface area contributed by atoms with Gasteiger partial charge in [0.1, 0.15) is 6.10 Å². The zero-order valence-corrected chi connectivity index (χ0v) is 18.1. The fourth-order valence-electron chi connectivity index (χ4n) is 4.06. The van der Waals surface area contributed by atoms with Crippen LogP contribution in [0.5, 0.6) is 0 Å². The zero-order valence-electron chi connectivity index (χ0n) is 17.3. The van der Waals surface area contributed by atoms with Crippen LogP contribution < -0.4 is 5.32 Å². The summed E-state index contributed by atoms with van der Waals surface area (Å²) in [4.78, 5) is 5.07. The van der Waals surface area contributed by atoms with Crippen molar-refractivity contribution >= 4 is 11.3 Å². The quantitative estimate of drug-likeness (QED) is 0.541. The molecule has 1 fully saturated rings. The number of aryl methyl sites for hydroxylation is 1. The molecule has 1 aromatic carbocycles. The van der Waals surface area contributed by atoms with Crippen molar-refractivity contribution in [2.75, 3.05) is 19.6 Å². The van der Waals surface area contributed by atoms with Crippen LogP contribution in [0.3, 0.4) is 0 Å². The van der Waals surface area contributed by atoms with Crippen molar-refractivity contribution in [3.63, 3.8) is 0 Å². The van der Waals surface area contributed by atoms with Gasteiger partial charge in [0.15, 0.2) is 0 Å². The highest BCUT2D eigenvalue weighted by atomic mass is 32.1. The van der Waals surface area contributed by atoms with Gasteiger partial charge in [0.05, 0.1) is 0 Å². The van der Waals surface area contributed by atoms with Crippen LogP contribution in [0.1, 0.15) is 66.9 Å². The molecule has 0 aliphatic carbocycles. The first kappa shape index (κ1) is 21.5. The Balaban J connectivity index is 1.45. The molecule has 0 bridgehead atoms. The summed E-state index contributed by atoms with van der Waals surface area (Å²) in [5, 5.41) is 14.5. The van der Waals surface area contributed by atoms with Gasteiger partial charge in [-0.1, -0.05) is 50.1 Å². The molecule has 2 N–H and O–H groups in total. The van der Waals surface area contributed by atoms with E-state index in [0.29, 0.717) is 0 Å². The van der Waals surface area contributed by atoms with Crippen molar-refractivity contribution < 1.29 is 5.11 Å². The normalized spacial score (nSPS) is 17.9. The standard InChI is InChI=1S/C24H36N2OS/c1-2-22(25-16-10-13-20-11-6-5-7-12-20)24(27)23-15-14-21(28-23)19-26-17-8-3-4-9-18-26/h5-7,11-12,14-15,22,24-25,27H,2-4,8-10,13,16-19H2,1H3. The van der Waals surface area contributed by atoms with E-state index in [9.17, 15) is 5.11 Å². The third-order valence-corrected chi connectivity index (χ3v) is 6.91. The molecule has 3 nitrogen and oxygen atoms in total. The lowest BCUT2D eigenvalue weighted by molar-refractivity contribution is 0.129. The Hall–Kier alpha value is -1.20. The number of thiophene rings is 1. The van der Waals surface area contributed by atoms with Crippen molar-refractivity contribution in [1.82, 2.24) is 10.2 Å². The number of nitrogens with zero attached hydrogens (tertiary/aromatic N) is 1. The van der Waals surface area contributed by atoms with Crippen LogP contribution in [0.2, 0.25) is 0 Å². The van der Waals surface area contributed by atoms with E-state index in [1.54, 1.807) is 11.3 Å². The van der Waals surface area contributed by atoms with Crippen LogP contribution in [0.25, 0.3) is 0 Å². The summed E-state index contributed by atoms with van der Waals surface area (Å²) in [6.07, 6.45) is 8.10. The molecule has 1 aromatic heterocycles. The second kappa shape index (κ2) is 11.7. The predicted molar refractivity (Wildman–Crippen MR) is 120 cm³/mol. The van der Waals surface area contributed by atoms with E-state index in [1.807, 2.05) is 0 Å². The Morgan fingerprint density at radius 1 is 1.04 bits per heavy atom. The highest BCUT2D eigenvalue weighted by molar-refractivity contribution is 7.12. The van der Waals surface area contributed by atoms with Crippen molar-refractivity contribution in [2.24, 2.45) is 0 Å². The van der Waals surface area contributed by atoms with Gasteiger partial charge in [-0.05, 0) is 69.4 Å². The van der Waals surface area contributed by atoms with Gasteiger partial charge in [0.2, 0.25) is 0 Å². The average Bonchev–Trinajstić information content (AvgIpc) is 3.04. The number of aliphatic hydroxyl groups excluding tert-OH is 1. The third-order valence-electron chi connectivity index (χ3n) is 5.76. The molecule has 0 amide bonds. The van der Waals surface area contributed by atoms with Crippen LogP contribution in [0.15, 0.2) is 42.5 Å². The minimum Gasteiger partial charge on any atom is -0.386 e. The van der Waals surface area contributed by atoms with Gasteiger partial charge in [0, 0.05) is 22.3 Å². The molecule has 2 aromatic rings. The fourth-order valence-corrected chi connectivity index (χ4v) is 5.16. The first-order valence-corrected chi connectivity index (χ1v) is 11.8. The molecular weight excluding hydrogens is 364 g/mol. The van der Waals surface area contributed by atoms with Crippen LogP contribution in [-0.4, -0.2) is 35.7 Å². The van der Waals surface area contributed by atoms with Gasteiger partial charge in [-0.25, -0.2) is 0 Å². The molecule has 1 saturated heterocycles.